The van der Waals surface area contributed by atoms with E-state index in [0.29, 0.717) is 27.7 Å². The summed E-state index contributed by atoms with van der Waals surface area (Å²) < 4.78 is 31.8. The second-order valence-electron chi connectivity index (χ2n) is 16.6. The maximum atomic E-state index is 13.6. The number of aromatic carboxylic acids is 1. The summed E-state index contributed by atoms with van der Waals surface area (Å²) in [6, 6.07) is 36.5. The molecule has 340 valence electrons. The fraction of sp³-hybridized carbons (Fsp3) is 0.286. The number of carboxylic acids is 1. The Bertz CT molecular complexity index is 2720. The first kappa shape index (κ1) is 47.0. The van der Waals surface area contributed by atoms with Gasteiger partial charge in [-0.05, 0) is 132 Å². The minimum atomic E-state index is -4.16. The van der Waals surface area contributed by atoms with Crippen LogP contribution in [0, 0.1) is 17.0 Å². The van der Waals surface area contributed by atoms with Crippen LogP contribution in [0.2, 0.25) is 5.02 Å². The average Bonchev–Trinajstić information content (AvgIpc) is 3.61. The maximum Gasteiger partial charge on any atom is 0.338 e. The predicted octanol–water partition coefficient (Wildman–Crippen LogP) is 10.6. The van der Waals surface area contributed by atoms with Gasteiger partial charge in [-0.1, -0.05) is 54.1 Å². The molecule has 1 aliphatic rings. The topological polar surface area (TPSA) is 153 Å². The standard InChI is InChI=1S/C49H54ClN7O6S2/c1-33(2)56-34(3)46(49(58)59)47(48(56)36-11-15-37(50)16-12-36)35-13-19-40(20-14-35)54-27-29-55(30-28-54)41-21-17-38(18-22-41)52-65(62,63)43-23-24-44(45(31-43)57(60)61)51-39(25-26-53(4)5)32-64-42-9-7-6-8-10-42/h6-24,31,33,39,51-52H,25-30,32H2,1-5H3,(H,58,59)/t39-/m1/s1. The van der Waals surface area contributed by atoms with Crippen molar-refractivity contribution in [2.75, 3.05) is 72.4 Å². The number of carboxylic acid groups (broad SMARTS) is 1. The molecule has 1 atom stereocenters. The molecule has 0 amide bonds. The van der Waals surface area contributed by atoms with Gasteiger partial charge in [0.2, 0.25) is 0 Å². The fourth-order valence-electron chi connectivity index (χ4n) is 8.30. The van der Waals surface area contributed by atoms with Crippen LogP contribution >= 0.6 is 23.4 Å². The molecule has 1 saturated heterocycles. The molecular weight excluding hydrogens is 882 g/mol. The van der Waals surface area contributed by atoms with Crippen LogP contribution < -0.4 is 19.8 Å². The van der Waals surface area contributed by atoms with Gasteiger partial charge in [0.05, 0.1) is 21.1 Å². The highest BCUT2D eigenvalue weighted by Crippen LogP contribution is 2.42. The largest absolute Gasteiger partial charge is 0.478 e. The van der Waals surface area contributed by atoms with Gasteiger partial charge in [0.1, 0.15) is 5.69 Å². The summed E-state index contributed by atoms with van der Waals surface area (Å²) in [5.74, 6) is -0.312. The molecule has 1 aromatic heterocycles. The zero-order chi connectivity index (χ0) is 46.4. The third-order valence-corrected chi connectivity index (χ3v) is 14.3. The number of halogens is 1. The van der Waals surface area contributed by atoms with E-state index in [-0.39, 0.29) is 33.9 Å². The summed E-state index contributed by atoms with van der Waals surface area (Å²) in [7, 11) is -0.208. The number of hydrogen-bond donors (Lipinski definition) is 3. The molecule has 3 N–H and O–H groups in total. The number of hydrogen-bond acceptors (Lipinski definition) is 10. The summed E-state index contributed by atoms with van der Waals surface area (Å²) in [6.07, 6.45) is 0.728. The Morgan fingerprint density at radius 2 is 1.45 bits per heavy atom. The van der Waals surface area contributed by atoms with Crippen LogP contribution in [0.5, 0.6) is 0 Å². The van der Waals surface area contributed by atoms with E-state index in [4.69, 9.17) is 11.6 Å². The Morgan fingerprint density at radius 3 is 2.00 bits per heavy atom. The summed E-state index contributed by atoms with van der Waals surface area (Å²) in [5, 5.41) is 26.6. The Kier molecular flexibility index (Phi) is 14.8. The van der Waals surface area contributed by atoms with Crippen molar-refractivity contribution in [1.82, 2.24) is 9.47 Å². The number of nitrogens with one attached hydrogen (secondary N) is 2. The molecule has 16 heteroatoms. The van der Waals surface area contributed by atoms with E-state index >= 15 is 0 Å². The molecule has 0 spiro atoms. The number of nitrogens with zero attached hydrogens (tertiary/aromatic N) is 5. The van der Waals surface area contributed by atoms with Crippen LogP contribution in [0.25, 0.3) is 22.4 Å². The molecule has 0 saturated carbocycles. The van der Waals surface area contributed by atoms with E-state index < -0.39 is 20.9 Å². The zero-order valence-corrected chi connectivity index (χ0v) is 39.5. The minimum Gasteiger partial charge on any atom is -0.478 e. The first-order valence-electron chi connectivity index (χ1n) is 21.4. The molecular formula is C49H54ClN7O6S2. The molecule has 6 aromatic rings. The SMILES string of the molecule is Cc1c(C(=O)O)c(-c2ccc(N3CCN(c4ccc(NS(=O)(=O)c5ccc(N[C@H](CCN(C)C)CSc6ccccc6)c([N+](=O)[O-])c5)cc4)CC3)cc2)c(-c2ccc(Cl)cc2)n1C(C)C. The predicted molar refractivity (Wildman–Crippen MR) is 265 cm³/mol. The zero-order valence-electron chi connectivity index (χ0n) is 37.1. The molecule has 1 aliphatic heterocycles. The van der Waals surface area contributed by atoms with Gasteiger partial charge in [0.25, 0.3) is 15.7 Å². The van der Waals surface area contributed by atoms with Crippen molar-refractivity contribution in [2.45, 2.75) is 49.1 Å². The quantitative estimate of drug-likeness (QED) is 0.0429. The van der Waals surface area contributed by atoms with Crippen molar-refractivity contribution >= 4 is 67.8 Å². The molecule has 0 bridgehead atoms. The van der Waals surface area contributed by atoms with Crippen molar-refractivity contribution in [1.29, 1.82) is 0 Å². The third-order valence-electron chi connectivity index (χ3n) is 11.5. The number of aromatic nitrogens is 1. The molecule has 7 rings (SSSR count). The molecule has 2 heterocycles. The number of piperazine rings is 1. The highest BCUT2D eigenvalue weighted by Gasteiger charge is 2.29. The number of carbonyl (C=O) groups is 1. The Labute approximate surface area is 390 Å². The van der Waals surface area contributed by atoms with E-state index in [1.807, 2.05) is 126 Å². The van der Waals surface area contributed by atoms with Gasteiger partial charge in [-0.15, -0.1) is 11.8 Å². The monoisotopic (exact) mass is 935 g/mol. The number of nitro groups is 1. The van der Waals surface area contributed by atoms with E-state index in [1.165, 1.54) is 12.1 Å². The summed E-state index contributed by atoms with van der Waals surface area (Å²) in [4.78, 5) is 31.9. The van der Waals surface area contributed by atoms with Gasteiger partial charge < -0.3 is 29.7 Å². The van der Waals surface area contributed by atoms with Crippen LogP contribution in [0.4, 0.5) is 28.4 Å². The number of anilines is 4. The lowest BCUT2D eigenvalue weighted by atomic mass is 9.96. The van der Waals surface area contributed by atoms with Crippen LogP contribution in [-0.2, 0) is 10.0 Å². The highest BCUT2D eigenvalue weighted by atomic mass is 35.5. The second kappa shape index (κ2) is 20.4. The molecule has 13 nitrogen and oxygen atoms in total. The Hall–Kier alpha value is -6.00. The van der Waals surface area contributed by atoms with Gasteiger partial charge in [-0.3, -0.25) is 14.8 Å². The van der Waals surface area contributed by atoms with Crippen LogP contribution in [-0.4, -0.2) is 92.5 Å². The van der Waals surface area contributed by atoms with Gasteiger partial charge in [0.15, 0.2) is 0 Å². The van der Waals surface area contributed by atoms with Crippen LogP contribution in [0.1, 0.15) is 42.4 Å². The number of nitro benzene ring substituents is 1. The number of rotatable bonds is 18. The Balaban J connectivity index is 0.999. The van der Waals surface area contributed by atoms with E-state index in [9.17, 15) is 28.4 Å². The van der Waals surface area contributed by atoms with E-state index in [2.05, 4.69) is 29.3 Å². The summed E-state index contributed by atoms with van der Waals surface area (Å²) in [6.45, 7) is 9.63. The van der Waals surface area contributed by atoms with Crippen molar-refractivity contribution in [3.8, 4) is 22.4 Å². The van der Waals surface area contributed by atoms with E-state index in [0.717, 1.165) is 78.3 Å². The molecule has 1 fully saturated rings. The smallest absolute Gasteiger partial charge is 0.338 e. The summed E-state index contributed by atoms with van der Waals surface area (Å²) in [5.41, 5.74) is 6.43. The first-order chi connectivity index (χ1) is 31.1. The lowest BCUT2D eigenvalue weighted by molar-refractivity contribution is -0.384. The van der Waals surface area contributed by atoms with Gasteiger partial charge >= 0.3 is 5.97 Å². The van der Waals surface area contributed by atoms with Gasteiger partial charge in [0, 0.05) is 88.3 Å². The van der Waals surface area contributed by atoms with Crippen LogP contribution in [0.3, 0.4) is 0 Å². The average molecular weight is 937 g/mol. The molecule has 0 radical (unpaired) electrons. The van der Waals surface area contributed by atoms with Crippen molar-refractivity contribution in [3.05, 3.63) is 148 Å². The lowest BCUT2D eigenvalue weighted by Gasteiger charge is -2.37. The van der Waals surface area contributed by atoms with Crippen molar-refractivity contribution in [2.24, 2.45) is 0 Å². The van der Waals surface area contributed by atoms with Crippen molar-refractivity contribution in [3.63, 3.8) is 0 Å². The molecule has 65 heavy (non-hydrogen) atoms. The molecule has 5 aromatic carbocycles. The van der Waals surface area contributed by atoms with Gasteiger partial charge in [-0.25, -0.2) is 13.2 Å². The van der Waals surface area contributed by atoms with E-state index in [1.54, 1.807) is 23.9 Å². The second-order valence-corrected chi connectivity index (χ2v) is 19.8. The number of thioether (sulfide) groups is 1. The fourth-order valence-corrected chi connectivity index (χ4v) is 10.5. The van der Waals surface area contributed by atoms with Gasteiger partial charge in [-0.2, -0.15) is 0 Å². The first-order valence-corrected chi connectivity index (χ1v) is 24.3. The molecule has 0 aliphatic carbocycles. The summed E-state index contributed by atoms with van der Waals surface area (Å²) >= 11 is 7.88. The molecule has 0 unspecified atom stereocenters. The number of benzene rings is 5. The highest BCUT2D eigenvalue weighted by molar-refractivity contribution is 7.99. The van der Waals surface area contributed by atoms with Crippen molar-refractivity contribution < 1.29 is 23.2 Å². The minimum absolute atomic E-state index is 0.0214. The normalized spacial score (nSPS) is 13.6. The lowest BCUT2D eigenvalue weighted by Crippen LogP contribution is -2.46. The maximum absolute atomic E-state index is 13.6. The number of sulfonamides is 1. The van der Waals surface area contributed by atoms with Crippen LogP contribution in [0.15, 0.2) is 131 Å². The third kappa shape index (κ3) is 11.1. The Morgan fingerprint density at radius 1 is 0.862 bits per heavy atom.